The number of carbonyl (C=O) groups is 1. The molecule has 1 atom stereocenters. The number of aromatic nitrogens is 1. The highest BCUT2D eigenvalue weighted by molar-refractivity contribution is 5.73. The number of fused-ring (bicyclic) bond motifs is 1. The highest BCUT2D eigenvalue weighted by Gasteiger charge is 2.12. The average Bonchev–Trinajstić information content (AvgIpc) is 2.74. The Hall–Kier alpha value is -2.08. The van der Waals surface area contributed by atoms with E-state index in [1.165, 1.54) is 4.57 Å². The molecule has 0 fully saturated rings. The van der Waals surface area contributed by atoms with Crippen LogP contribution in [-0.2, 0) is 16.6 Å². The number of oxazole rings is 1. The monoisotopic (exact) mass is 292 g/mol. The first kappa shape index (κ1) is 15.3. The lowest BCUT2D eigenvalue weighted by atomic mass is 10.0. The van der Waals surface area contributed by atoms with Crippen molar-refractivity contribution in [1.29, 1.82) is 0 Å². The van der Waals surface area contributed by atoms with Crippen LogP contribution < -0.4 is 11.5 Å². The lowest BCUT2D eigenvalue weighted by molar-refractivity contribution is -0.143. The van der Waals surface area contributed by atoms with Crippen LogP contribution in [0.2, 0.25) is 0 Å². The average molecular weight is 292 g/mol. The minimum atomic E-state index is -0.391. The molecule has 1 aromatic heterocycles. The van der Waals surface area contributed by atoms with Crippen molar-refractivity contribution >= 4 is 17.1 Å². The molecule has 21 heavy (non-hydrogen) atoms. The first-order valence-corrected chi connectivity index (χ1v) is 7.03. The number of esters is 1. The summed E-state index contributed by atoms with van der Waals surface area (Å²) in [6, 6.07) is 5.29. The second-order valence-electron chi connectivity index (χ2n) is 4.96. The number of nitrogens with zero attached hydrogens (tertiary/aromatic N) is 1. The summed E-state index contributed by atoms with van der Waals surface area (Å²) in [4.78, 5) is 22.7. The van der Waals surface area contributed by atoms with Gasteiger partial charge in [-0.25, -0.2) is 4.79 Å². The van der Waals surface area contributed by atoms with Crippen LogP contribution in [0.15, 0.2) is 27.4 Å². The number of ether oxygens (including phenoxy) is 1. The molecule has 2 aromatic rings. The van der Waals surface area contributed by atoms with E-state index in [9.17, 15) is 9.59 Å². The van der Waals surface area contributed by atoms with Crippen LogP contribution >= 0.6 is 0 Å². The van der Waals surface area contributed by atoms with Crippen LogP contribution in [0.3, 0.4) is 0 Å². The number of hydrogen-bond acceptors (Lipinski definition) is 5. The fourth-order valence-electron chi connectivity index (χ4n) is 2.25. The molecule has 6 nitrogen and oxygen atoms in total. The molecule has 0 aliphatic rings. The molecular formula is C15H20N2O4. The molecule has 0 saturated heterocycles. The third-order valence-corrected chi connectivity index (χ3v) is 3.45. The smallest absolute Gasteiger partial charge is 0.419 e. The van der Waals surface area contributed by atoms with Crippen LogP contribution in [-0.4, -0.2) is 17.1 Å². The molecule has 0 radical (unpaired) electrons. The van der Waals surface area contributed by atoms with Crippen molar-refractivity contribution in [2.45, 2.75) is 32.2 Å². The van der Waals surface area contributed by atoms with Gasteiger partial charge < -0.3 is 14.9 Å². The van der Waals surface area contributed by atoms with Gasteiger partial charge in [-0.15, -0.1) is 0 Å². The Kier molecular flexibility index (Phi) is 4.80. The first-order chi connectivity index (χ1) is 10.0. The lowest BCUT2D eigenvalue weighted by Gasteiger charge is -2.11. The Morgan fingerprint density at radius 1 is 1.48 bits per heavy atom. The summed E-state index contributed by atoms with van der Waals surface area (Å²) in [5, 5.41) is 0. The zero-order chi connectivity index (χ0) is 15.4. The molecule has 2 N–H and O–H groups in total. The summed E-state index contributed by atoms with van der Waals surface area (Å²) in [6.07, 6.45) is 1.70. The molecule has 0 saturated carbocycles. The topological polar surface area (TPSA) is 87.5 Å². The van der Waals surface area contributed by atoms with Gasteiger partial charge in [-0.2, -0.15) is 0 Å². The van der Waals surface area contributed by atoms with Gasteiger partial charge in [0.25, 0.3) is 0 Å². The first-order valence-electron chi connectivity index (χ1n) is 7.03. The number of benzene rings is 1. The molecule has 0 aliphatic carbocycles. The SMILES string of the molecule is CCOC(=O)CCCC(N)c1ccc2c(c1)oc(=O)n2C. The van der Waals surface area contributed by atoms with E-state index in [0.29, 0.717) is 31.5 Å². The van der Waals surface area contributed by atoms with Crippen molar-refractivity contribution < 1.29 is 13.9 Å². The molecular weight excluding hydrogens is 272 g/mol. The van der Waals surface area contributed by atoms with Crippen molar-refractivity contribution in [2.75, 3.05) is 6.61 Å². The van der Waals surface area contributed by atoms with Gasteiger partial charge in [-0.05, 0) is 37.5 Å². The van der Waals surface area contributed by atoms with E-state index < -0.39 is 5.76 Å². The number of nitrogens with two attached hydrogens (primary N) is 1. The summed E-state index contributed by atoms with van der Waals surface area (Å²) in [5.41, 5.74) is 8.27. The van der Waals surface area contributed by atoms with Crippen LogP contribution in [0.1, 0.15) is 37.8 Å². The van der Waals surface area contributed by atoms with E-state index in [0.717, 1.165) is 11.1 Å². The molecule has 0 amide bonds. The summed E-state index contributed by atoms with van der Waals surface area (Å²) < 4.78 is 11.5. The summed E-state index contributed by atoms with van der Waals surface area (Å²) in [7, 11) is 1.66. The van der Waals surface area contributed by atoms with E-state index >= 15 is 0 Å². The molecule has 6 heteroatoms. The summed E-state index contributed by atoms with van der Waals surface area (Å²) in [5.74, 6) is -0.591. The summed E-state index contributed by atoms with van der Waals surface area (Å²) in [6.45, 7) is 2.18. The predicted octanol–water partition coefficient (Wildman–Crippen LogP) is 1.86. The third kappa shape index (κ3) is 3.52. The standard InChI is InChI=1S/C15H20N2O4/c1-3-20-14(18)6-4-5-11(16)10-7-8-12-13(9-10)21-15(19)17(12)2/h7-9,11H,3-6,16H2,1-2H3. The van der Waals surface area contributed by atoms with Crippen LogP contribution in [0.4, 0.5) is 0 Å². The van der Waals surface area contributed by atoms with Gasteiger partial charge in [-0.1, -0.05) is 6.07 Å². The Morgan fingerprint density at radius 3 is 2.95 bits per heavy atom. The van der Waals surface area contributed by atoms with E-state index in [1.807, 2.05) is 12.1 Å². The molecule has 114 valence electrons. The number of rotatable bonds is 6. The second kappa shape index (κ2) is 6.58. The molecule has 0 spiro atoms. The Morgan fingerprint density at radius 2 is 2.24 bits per heavy atom. The zero-order valence-electron chi connectivity index (χ0n) is 12.3. The maximum Gasteiger partial charge on any atom is 0.419 e. The largest absolute Gasteiger partial charge is 0.466 e. The van der Waals surface area contributed by atoms with Gasteiger partial charge >= 0.3 is 11.7 Å². The Labute approximate surface area is 122 Å². The second-order valence-corrected chi connectivity index (χ2v) is 4.96. The highest BCUT2D eigenvalue weighted by Crippen LogP contribution is 2.21. The van der Waals surface area contributed by atoms with E-state index in [4.69, 9.17) is 14.9 Å². The van der Waals surface area contributed by atoms with Gasteiger partial charge in [0.05, 0.1) is 12.1 Å². The van der Waals surface area contributed by atoms with Crippen LogP contribution in [0, 0.1) is 0 Å². The van der Waals surface area contributed by atoms with E-state index in [-0.39, 0.29) is 12.0 Å². The minimum absolute atomic E-state index is 0.200. The number of hydrogen-bond donors (Lipinski definition) is 1. The van der Waals surface area contributed by atoms with E-state index in [1.54, 1.807) is 20.0 Å². The molecule has 2 rings (SSSR count). The Balaban J connectivity index is 2.01. The molecule has 0 bridgehead atoms. The molecule has 1 unspecified atom stereocenters. The number of aryl methyl sites for hydroxylation is 1. The Bertz CT molecular complexity index is 687. The van der Waals surface area contributed by atoms with Gasteiger partial charge in [0, 0.05) is 19.5 Å². The van der Waals surface area contributed by atoms with Crippen molar-refractivity contribution in [3.05, 3.63) is 34.3 Å². The number of carbonyl (C=O) groups excluding carboxylic acids is 1. The molecule has 1 aromatic carbocycles. The van der Waals surface area contributed by atoms with Crippen molar-refractivity contribution in [1.82, 2.24) is 4.57 Å². The van der Waals surface area contributed by atoms with Crippen molar-refractivity contribution in [2.24, 2.45) is 12.8 Å². The van der Waals surface area contributed by atoms with E-state index in [2.05, 4.69) is 0 Å². The quantitative estimate of drug-likeness (QED) is 0.821. The van der Waals surface area contributed by atoms with Gasteiger partial charge in [0.2, 0.25) is 0 Å². The van der Waals surface area contributed by atoms with Gasteiger partial charge in [0.1, 0.15) is 0 Å². The van der Waals surface area contributed by atoms with Crippen LogP contribution in [0.5, 0.6) is 0 Å². The van der Waals surface area contributed by atoms with Gasteiger partial charge in [0.15, 0.2) is 5.58 Å². The zero-order valence-corrected chi connectivity index (χ0v) is 12.3. The maximum atomic E-state index is 11.4. The maximum absolute atomic E-state index is 11.4. The predicted molar refractivity (Wildman–Crippen MR) is 78.9 cm³/mol. The highest BCUT2D eigenvalue weighted by atomic mass is 16.5. The van der Waals surface area contributed by atoms with Crippen molar-refractivity contribution in [3.63, 3.8) is 0 Å². The third-order valence-electron chi connectivity index (χ3n) is 3.45. The fourth-order valence-corrected chi connectivity index (χ4v) is 2.25. The summed E-state index contributed by atoms with van der Waals surface area (Å²) >= 11 is 0. The van der Waals surface area contributed by atoms with Crippen LogP contribution in [0.25, 0.3) is 11.1 Å². The molecule has 0 aliphatic heterocycles. The lowest BCUT2D eigenvalue weighted by Crippen LogP contribution is -2.11. The normalized spacial score (nSPS) is 12.5. The molecule has 1 heterocycles. The minimum Gasteiger partial charge on any atom is -0.466 e. The van der Waals surface area contributed by atoms with Gasteiger partial charge in [-0.3, -0.25) is 9.36 Å². The fraction of sp³-hybridized carbons (Fsp3) is 0.467. The van der Waals surface area contributed by atoms with Crippen molar-refractivity contribution in [3.8, 4) is 0 Å².